The average molecular weight is 228 g/mol. The van der Waals surface area contributed by atoms with E-state index in [1.807, 2.05) is 0 Å². The molecule has 2 atom stereocenters. The highest BCUT2D eigenvalue weighted by molar-refractivity contribution is 5.78. The number of carbonyl (C=O) groups excluding carboxylic acids is 1. The lowest BCUT2D eigenvalue weighted by atomic mass is 9.84. The predicted molar refractivity (Wildman–Crippen MR) is 58.8 cm³/mol. The smallest absolute Gasteiger partial charge is 0.236 e. The summed E-state index contributed by atoms with van der Waals surface area (Å²) in [5, 5.41) is 9.70. The molecule has 0 aromatic carbocycles. The van der Waals surface area contributed by atoms with Gasteiger partial charge in [-0.25, -0.2) is 0 Å². The maximum atomic E-state index is 11.6. The molecule has 2 saturated heterocycles. The van der Waals surface area contributed by atoms with E-state index in [-0.39, 0.29) is 24.2 Å². The quantitative estimate of drug-likeness (QED) is 0.633. The molecular weight excluding hydrogens is 208 g/mol. The van der Waals surface area contributed by atoms with Crippen LogP contribution in [0.3, 0.4) is 0 Å². The largest absolute Gasteiger partial charge is 0.393 e. The molecular formula is C11H20N2O3. The Hall–Kier alpha value is -0.650. The monoisotopic (exact) mass is 228 g/mol. The highest BCUT2D eigenvalue weighted by atomic mass is 16.5. The van der Waals surface area contributed by atoms with Crippen molar-refractivity contribution in [2.24, 2.45) is 5.73 Å². The highest BCUT2D eigenvalue weighted by Crippen LogP contribution is 2.33. The number of aliphatic hydroxyl groups is 1. The van der Waals surface area contributed by atoms with Gasteiger partial charge in [0.05, 0.1) is 18.2 Å². The van der Waals surface area contributed by atoms with Crippen LogP contribution in [0, 0.1) is 0 Å². The summed E-state index contributed by atoms with van der Waals surface area (Å²) in [6, 6.07) is 0. The molecule has 1 spiro atoms. The van der Waals surface area contributed by atoms with Crippen molar-refractivity contribution in [3.8, 4) is 0 Å². The van der Waals surface area contributed by atoms with Crippen LogP contribution in [-0.2, 0) is 9.53 Å². The van der Waals surface area contributed by atoms with E-state index in [1.54, 1.807) is 4.90 Å². The Morgan fingerprint density at radius 2 is 2.44 bits per heavy atom. The van der Waals surface area contributed by atoms with Crippen LogP contribution < -0.4 is 5.73 Å². The number of piperidine rings is 1. The Morgan fingerprint density at radius 1 is 1.62 bits per heavy atom. The number of rotatable bonds is 1. The Bertz CT molecular complexity index is 268. The summed E-state index contributed by atoms with van der Waals surface area (Å²) in [7, 11) is 0. The van der Waals surface area contributed by atoms with Crippen LogP contribution in [0.1, 0.15) is 25.7 Å². The maximum Gasteiger partial charge on any atom is 0.236 e. The second-order valence-electron chi connectivity index (χ2n) is 4.80. The van der Waals surface area contributed by atoms with Crippen molar-refractivity contribution in [3.63, 3.8) is 0 Å². The molecule has 0 aromatic heterocycles. The number of nitrogens with two attached hydrogens (primary N) is 1. The zero-order valence-electron chi connectivity index (χ0n) is 9.52. The van der Waals surface area contributed by atoms with Crippen molar-refractivity contribution in [3.05, 3.63) is 0 Å². The molecule has 2 fully saturated rings. The third-order valence-corrected chi connectivity index (χ3v) is 3.53. The van der Waals surface area contributed by atoms with E-state index in [4.69, 9.17) is 10.5 Å². The summed E-state index contributed by atoms with van der Waals surface area (Å²) in [5.74, 6) is -0.0252. The SMILES string of the molecule is NCC(=O)N1CCC[C@]2(C[C@@H](O)CCO2)C1. The van der Waals surface area contributed by atoms with Gasteiger partial charge in [0.1, 0.15) is 0 Å². The van der Waals surface area contributed by atoms with E-state index >= 15 is 0 Å². The van der Waals surface area contributed by atoms with Gasteiger partial charge in [0.25, 0.3) is 0 Å². The second kappa shape index (κ2) is 4.69. The average Bonchev–Trinajstić information content (AvgIpc) is 2.28. The van der Waals surface area contributed by atoms with Crippen LogP contribution in [-0.4, -0.2) is 53.9 Å². The molecule has 1 amide bonds. The molecule has 0 radical (unpaired) electrons. The molecule has 0 bridgehead atoms. The minimum atomic E-state index is -0.319. The van der Waals surface area contributed by atoms with E-state index in [2.05, 4.69) is 0 Å². The van der Waals surface area contributed by atoms with Gasteiger partial charge >= 0.3 is 0 Å². The van der Waals surface area contributed by atoms with Crippen LogP contribution in [0.4, 0.5) is 0 Å². The maximum absolute atomic E-state index is 11.6. The summed E-state index contributed by atoms with van der Waals surface area (Å²) in [4.78, 5) is 13.3. The molecule has 2 aliphatic heterocycles. The van der Waals surface area contributed by atoms with Gasteiger partial charge in [-0.05, 0) is 19.3 Å². The standard InChI is InChI=1S/C11H20N2O3/c12-7-10(15)13-4-1-3-11(8-13)6-9(14)2-5-16-11/h9,14H,1-8,12H2/t9-,11-/m0/s1. The van der Waals surface area contributed by atoms with Crippen molar-refractivity contribution in [2.75, 3.05) is 26.2 Å². The zero-order chi connectivity index (χ0) is 11.6. The predicted octanol–water partition coefficient (Wildman–Crippen LogP) is -0.522. The summed E-state index contributed by atoms with van der Waals surface area (Å²) in [6.45, 7) is 1.99. The minimum Gasteiger partial charge on any atom is -0.393 e. The number of hydrogen-bond acceptors (Lipinski definition) is 4. The Labute approximate surface area is 95.5 Å². The van der Waals surface area contributed by atoms with Crippen LogP contribution in [0.5, 0.6) is 0 Å². The third kappa shape index (κ3) is 2.36. The van der Waals surface area contributed by atoms with Gasteiger partial charge in [0.2, 0.25) is 5.91 Å². The zero-order valence-corrected chi connectivity index (χ0v) is 9.52. The lowest BCUT2D eigenvalue weighted by molar-refractivity contribution is -0.160. The molecule has 16 heavy (non-hydrogen) atoms. The van der Waals surface area contributed by atoms with Crippen molar-refractivity contribution in [1.82, 2.24) is 4.90 Å². The van der Waals surface area contributed by atoms with Crippen molar-refractivity contribution >= 4 is 5.91 Å². The number of likely N-dealkylation sites (tertiary alicyclic amines) is 1. The molecule has 5 nitrogen and oxygen atoms in total. The first kappa shape index (κ1) is 11.8. The van der Waals surface area contributed by atoms with E-state index in [1.165, 1.54) is 0 Å². The number of carbonyl (C=O) groups is 1. The van der Waals surface area contributed by atoms with Gasteiger partial charge in [-0.1, -0.05) is 0 Å². The number of nitrogens with zero attached hydrogens (tertiary/aromatic N) is 1. The summed E-state index contributed by atoms with van der Waals surface area (Å²) in [6.07, 6.45) is 2.91. The van der Waals surface area contributed by atoms with E-state index in [0.717, 1.165) is 19.4 Å². The lowest BCUT2D eigenvalue weighted by Gasteiger charge is -2.46. The van der Waals surface area contributed by atoms with Crippen molar-refractivity contribution in [1.29, 1.82) is 0 Å². The topological polar surface area (TPSA) is 75.8 Å². The fourth-order valence-corrected chi connectivity index (χ4v) is 2.73. The fraction of sp³-hybridized carbons (Fsp3) is 0.909. The first-order chi connectivity index (χ1) is 7.65. The molecule has 0 aliphatic carbocycles. The summed E-state index contributed by atoms with van der Waals surface area (Å²) >= 11 is 0. The minimum absolute atomic E-state index is 0.0252. The molecule has 2 aliphatic rings. The van der Waals surface area contributed by atoms with Crippen molar-refractivity contribution in [2.45, 2.75) is 37.4 Å². The van der Waals surface area contributed by atoms with Gasteiger partial charge in [0, 0.05) is 26.1 Å². The first-order valence-corrected chi connectivity index (χ1v) is 5.95. The molecule has 0 unspecified atom stereocenters. The number of hydrogen-bond donors (Lipinski definition) is 2. The van der Waals surface area contributed by atoms with Crippen LogP contribution in [0.2, 0.25) is 0 Å². The van der Waals surface area contributed by atoms with Gasteiger partial charge in [-0.2, -0.15) is 0 Å². The van der Waals surface area contributed by atoms with Crippen LogP contribution in [0.15, 0.2) is 0 Å². The fourth-order valence-electron chi connectivity index (χ4n) is 2.73. The Balaban J connectivity index is 2.02. The molecule has 0 aromatic rings. The molecule has 2 heterocycles. The van der Waals surface area contributed by atoms with Gasteiger partial charge in [-0.3, -0.25) is 4.79 Å². The van der Waals surface area contributed by atoms with Crippen LogP contribution in [0.25, 0.3) is 0 Å². The summed E-state index contributed by atoms with van der Waals surface area (Å²) in [5.41, 5.74) is 5.05. The Kier molecular flexibility index (Phi) is 3.47. The number of aliphatic hydroxyl groups excluding tert-OH is 1. The number of amides is 1. The third-order valence-electron chi connectivity index (χ3n) is 3.53. The molecule has 0 saturated carbocycles. The lowest BCUT2D eigenvalue weighted by Crippen LogP contribution is -2.56. The van der Waals surface area contributed by atoms with Crippen LogP contribution >= 0.6 is 0 Å². The van der Waals surface area contributed by atoms with E-state index in [0.29, 0.717) is 26.0 Å². The van der Waals surface area contributed by atoms with Gasteiger partial charge in [-0.15, -0.1) is 0 Å². The van der Waals surface area contributed by atoms with Gasteiger partial charge < -0.3 is 20.5 Å². The molecule has 3 N–H and O–H groups in total. The van der Waals surface area contributed by atoms with Crippen molar-refractivity contribution < 1.29 is 14.6 Å². The molecule has 5 heteroatoms. The van der Waals surface area contributed by atoms with E-state index in [9.17, 15) is 9.90 Å². The number of ether oxygens (including phenoxy) is 1. The second-order valence-corrected chi connectivity index (χ2v) is 4.80. The Morgan fingerprint density at radius 3 is 3.12 bits per heavy atom. The molecule has 2 rings (SSSR count). The first-order valence-electron chi connectivity index (χ1n) is 5.95. The normalized spacial score (nSPS) is 35.4. The van der Waals surface area contributed by atoms with E-state index < -0.39 is 0 Å². The highest BCUT2D eigenvalue weighted by Gasteiger charge is 2.41. The summed E-state index contributed by atoms with van der Waals surface area (Å²) < 4.78 is 5.81. The van der Waals surface area contributed by atoms with Gasteiger partial charge in [0.15, 0.2) is 0 Å². The molecule has 92 valence electrons.